The molecule has 2 N–H and O–H groups in total. The lowest BCUT2D eigenvalue weighted by atomic mass is 9.77. The number of hydrogen-bond acceptors (Lipinski definition) is 14. The molecule has 0 aliphatic carbocycles. The van der Waals surface area contributed by atoms with Gasteiger partial charge in [0.25, 0.3) is 11.8 Å². The van der Waals surface area contributed by atoms with Crippen molar-refractivity contribution in [3.63, 3.8) is 0 Å². The Balaban J connectivity index is 0.985. The van der Waals surface area contributed by atoms with E-state index in [0.29, 0.717) is 33.3 Å². The highest BCUT2D eigenvalue weighted by molar-refractivity contribution is 8.00. The van der Waals surface area contributed by atoms with Gasteiger partial charge >= 0.3 is 11.9 Å². The highest BCUT2D eigenvalue weighted by atomic mass is 35.5. The first-order valence-corrected chi connectivity index (χ1v) is 27.5. The zero-order valence-corrected chi connectivity index (χ0v) is 43.9. The lowest BCUT2D eigenvalue weighted by Crippen LogP contribution is -2.71. The lowest BCUT2D eigenvalue weighted by Gasteiger charge is -2.49. The molecule has 2 amide bonds. The molecule has 2 aliphatic heterocycles. The van der Waals surface area contributed by atoms with Gasteiger partial charge in [0.2, 0.25) is 6.10 Å². The molecule has 2 aromatic heterocycles. The van der Waals surface area contributed by atoms with Crippen LogP contribution in [0.3, 0.4) is 0 Å². The van der Waals surface area contributed by atoms with Gasteiger partial charge in [-0.15, -0.1) is 34.7 Å². The topological polar surface area (TPSA) is 158 Å². The Morgan fingerprint density at radius 3 is 1.88 bits per heavy atom. The Kier molecular flexibility index (Phi) is 16.0. The number of rotatable bonds is 20. The number of ether oxygens (including phenoxy) is 3. The largest absolute Gasteiger partial charge is 0.497 e. The van der Waals surface area contributed by atoms with E-state index in [-0.39, 0.29) is 29.6 Å². The van der Waals surface area contributed by atoms with E-state index in [4.69, 9.17) is 35.6 Å². The summed E-state index contributed by atoms with van der Waals surface area (Å²) in [6.45, 7) is -0.0611. The van der Waals surface area contributed by atoms with E-state index in [1.165, 1.54) is 39.3 Å². The number of thiazole rings is 1. The molecule has 76 heavy (non-hydrogen) atoms. The molecule has 0 spiro atoms. The van der Waals surface area contributed by atoms with Crippen LogP contribution in [0.25, 0.3) is 0 Å². The fourth-order valence-corrected chi connectivity index (χ4v) is 12.1. The molecule has 17 heteroatoms. The number of fused-ring (bicyclic) bond motifs is 1. The first-order valence-electron chi connectivity index (χ1n) is 24.1. The predicted molar refractivity (Wildman–Crippen MR) is 296 cm³/mol. The number of thioether (sulfide) groups is 1. The number of esters is 2. The lowest BCUT2D eigenvalue weighted by molar-refractivity contribution is -0.162. The number of carbonyl (C=O) groups is 4. The second-order valence-corrected chi connectivity index (χ2v) is 20.5. The summed E-state index contributed by atoms with van der Waals surface area (Å²) in [5.41, 5.74) is 4.74. The van der Waals surface area contributed by atoms with Crippen molar-refractivity contribution in [2.24, 2.45) is 5.16 Å². The fourth-order valence-electron chi connectivity index (χ4n) is 9.04. The third-order valence-corrected chi connectivity index (χ3v) is 16.0. The van der Waals surface area contributed by atoms with Gasteiger partial charge in [0, 0.05) is 22.6 Å². The predicted octanol–water partition coefficient (Wildman–Crippen LogP) is 11.0. The molecule has 0 radical (unpaired) electrons. The number of anilines is 1. The number of β-lactam (4-membered cyclic amide) rings is 1. The number of nitrogens with one attached hydrogen (secondary N) is 2. The second-order valence-electron chi connectivity index (χ2n) is 17.5. The Morgan fingerprint density at radius 2 is 1.34 bits per heavy atom. The quantitative estimate of drug-likeness (QED) is 0.0187. The number of nitrogens with zero attached hydrogens (tertiary/aromatic N) is 3. The van der Waals surface area contributed by atoms with E-state index in [2.05, 4.69) is 15.8 Å². The van der Waals surface area contributed by atoms with Crippen LogP contribution in [-0.2, 0) is 45.6 Å². The van der Waals surface area contributed by atoms with Crippen LogP contribution in [0.1, 0.15) is 56.8 Å². The standard InChI is InChI=1S/C59H48ClN5O8S3/c1-70-46-29-27-38(28-30-46)34-71-56(68)50-42(33-60)36-75-55-49(54(67)65(50)55)62-53(66)48(64-73-52(41-31-32-74-35-41)57(69)72-51(39-17-7-2-8-18-39)40-19-9-3-10-20-40)47-37-76-58(61-47)63-59(43-21-11-4-12-22-43,44-23-13-5-14-24-44)45-25-15-6-16-26-45/h2-32,35,37,49,51-52,55H,33-34,36H2,1H3,(H,61,63)(H,62,66)/b64-48+/t49-,52?,55-/m1/s1. The molecule has 3 atom stereocenters. The molecule has 13 nitrogen and oxygen atoms in total. The van der Waals surface area contributed by atoms with Crippen molar-refractivity contribution in [3.05, 3.63) is 254 Å². The molecule has 0 bridgehead atoms. The van der Waals surface area contributed by atoms with Crippen LogP contribution in [0, 0.1) is 0 Å². The summed E-state index contributed by atoms with van der Waals surface area (Å²) in [7, 11) is 1.56. The van der Waals surface area contributed by atoms with Crippen LogP contribution >= 0.6 is 46.0 Å². The monoisotopic (exact) mass is 1090 g/mol. The molecule has 10 rings (SSSR count). The van der Waals surface area contributed by atoms with E-state index in [1.54, 1.807) is 53.6 Å². The van der Waals surface area contributed by atoms with Crippen LogP contribution in [0.2, 0.25) is 0 Å². The summed E-state index contributed by atoms with van der Waals surface area (Å²) < 4.78 is 17.3. The van der Waals surface area contributed by atoms with Crippen molar-refractivity contribution in [2.75, 3.05) is 24.1 Å². The average molecular weight is 1090 g/mol. The van der Waals surface area contributed by atoms with Gasteiger partial charge in [0.1, 0.15) is 40.7 Å². The first kappa shape index (κ1) is 51.5. The fraction of sp³-hybridized carbons (Fsp3) is 0.153. The van der Waals surface area contributed by atoms with Crippen LogP contribution < -0.4 is 15.4 Å². The van der Waals surface area contributed by atoms with Gasteiger partial charge in [0.05, 0.1) is 7.11 Å². The maximum atomic E-state index is 15.0. The van der Waals surface area contributed by atoms with E-state index in [9.17, 15) is 19.2 Å². The van der Waals surface area contributed by atoms with Crippen molar-refractivity contribution in [1.29, 1.82) is 0 Å². The van der Waals surface area contributed by atoms with Gasteiger partial charge in [-0.1, -0.05) is 169 Å². The van der Waals surface area contributed by atoms with Gasteiger partial charge in [0.15, 0.2) is 16.9 Å². The molecule has 6 aromatic carbocycles. The van der Waals surface area contributed by atoms with Gasteiger partial charge < -0.3 is 29.7 Å². The summed E-state index contributed by atoms with van der Waals surface area (Å²) in [6.07, 6.45) is -2.25. The number of oxime groups is 1. The molecule has 8 aromatic rings. The molecular formula is C59H48ClN5O8S3. The average Bonchev–Trinajstić information content (AvgIpc) is 4.23. The number of hydrogen-bond donors (Lipinski definition) is 2. The summed E-state index contributed by atoms with van der Waals surface area (Å²) >= 11 is 10.3. The highest BCUT2D eigenvalue weighted by Crippen LogP contribution is 2.43. The van der Waals surface area contributed by atoms with E-state index in [0.717, 1.165) is 27.8 Å². The van der Waals surface area contributed by atoms with Gasteiger partial charge in [-0.2, -0.15) is 11.3 Å². The van der Waals surface area contributed by atoms with Crippen molar-refractivity contribution >= 4 is 80.6 Å². The third kappa shape index (κ3) is 10.9. The SMILES string of the molecule is COc1ccc(COC(=O)C2=C(CCl)CS[C@@H]3[C@H](NC(=O)/C(=N/OC(C(=O)OC(c4ccccc4)c4ccccc4)c4ccsc4)c4csc(NC(c5ccccc5)(c5ccccc5)c5ccccc5)n4)C(=O)N23)cc1. The molecule has 1 unspecified atom stereocenters. The molecule has 0 saturated carbocycles. The van der Waals surface area contributed by atoms with Gasteiger partial charge in [-0.05, 0) is 67.9 Å². The van der Waals surface area contributed by atoms with Crippen molar-refractivity contribution in [3.8, 4) is 5.75 Å². The minimum atomic E-state index is -1.44. The Labute approximate surface area is 456 Å². The van der Waals surface area contributed by atoms with Crippen molar-refractivity contribution in [1.82, 2.24) is 15.2 Å². The molecule has 2 aliphatic rings. The van der Waals surface area contributed by atoms with Crippen LogP contribution in [0.15, 0.2) is 215 Å². The van der Waals surface area contributed by atoms with Gasteiger partial charge in [-0.25, -0.2) is 14.6 Å². The number of amides is 2. The second kappa shape index (κ2) is 23.7. The molecule has 4 heterocycles. The minimum Gasteiger partial charge on any atom is -0.497 e. The number of benzene rings is 6. The Bertz CT molecular complexity index is 3210. The smallest absolute Gasteiger partial charge is 0.356 e. The number of alkyl halides is 1. The maximum absolute atomic E-state index is 15.0. The highest BCUT2D eigenvalue weighted by Gasteiger charge is 2.55. The third-order valence-electron chi connectivity index (χ3n) is 12.8. The Morgan fingerprint density at radius 1 is 0.763 bits per heavy atom. The number of aromatic nitrogens is 1. The summed E-state index contributed by atoms with van der Waals surface area (Å²) in [5.74, 6) is -1.95. The zero-order chi connectivity index (χ0) is 52.4. The molecule has 382 valence electrons. The van der Waals surface area contributed by atoms with Crippen molar-refractivity contribution < 1.29 is 38.2 Å². The van der Waals surface area contributed by atoms with Crippen LogP contribution in [-0.4, -0.2) is 69.5 Å². The van der Waals surface area contributed by atoms with Gasteiger partial charge in [-0.3, -0.25) is 14.5 Å². The minimum absolute atomic E-state index is 0.0207. The first-order chi connectivity index (χ1) is 37.2. The molecule has 1 fully saturated rings. The van der Waals surface area contributed by atoms with Crippen molar-refractivity contribution in [2.45, 2.75) is 35.8 Å². The molecule has 1 saturated heterocycles. The number of thiophene rings is 1. The van der Waals surface area contributed by atoms with E-state index >= 15 is 0 Å². The summed E-state index contributed by atoms with van der Waals surface area (Å²) in [5, 5.41) is 16.0. The normalized spacial score (nSPS) is 15.8. The summed E-state index contributed by atoms with van der Waals surface area (Å²) in [6, 6.07) is 56.3. The number of methoxy groups -OCH3 is 1. The maximum Gasteiger partial charge on any atom is 0.356 e. The van der Waals surface area contributed by atoms with Crippen LogP contribution in [0.4, 0.5) is 5.13 Å². The van der Waals surface area contributed by atoms with E-state index in [1.807, 2.05) is 152 Å². The number of carbonyl (C=O) groups excluding carboxylic acids is 4. The Hall–Kier alpha value is -8.02. The zero-order valence-electron chi connectivity index (χ0n) is 40.7. The molecular weight excluding hydrogens is 1040 g/mol. The summed E-state index contributed by atoms with van der Waals surface area (Å²) in [4.78, 5) is 70.1. The van der Waals surface area contributed by atoms with E-state index < -0.39 is 52.9 Å². The number of halogens is 1. The van der Waals surface area contributed by atoms with Crippen LogP contribution in [0.5, 0.6) is 5.75 Å².